The van der Waals surface area contributed by atoms with E-state index in [9.17, 15) is 0 Å². The van der Waals surface area contributed by atoms with Crippen molar-refractivity contribution in [2.75, 3.05) is 13.1 Å². The van der Waals surface area contributed by atoms with E-state index in [4.69, 9.17) is 5.84 Å². The highest BCUT2D eigenvalue weighted by Crippen LogP contribution is 2.10. The molecule has 1 aromatic carbocycles. The largest absolute Gasteiger partial charge is 0.293 e. The van der Waals surface area contributed by atoms with Crippen LogP contribution in [-0.2, 0) is 6.42 Å². The Hall–Kier alpha value is -1.35. The van der Waals surface area contributed by atoms with E-state index in [1.807, 2.05) is 0 Å². The van der Waals surface area contributed by atoms with Crippen molar-refractivity contribution in [3.8, 4) is 0 Å². The molecule has 0 saturated carbocycles. The van der Waals surface area contributed by atoms with Gasteiger partial charge in [-0.25, -0.2) is 5.84 Å². The molecule has 0 spiro atoms. The summed E-state index contributed by atoms with van der Waals surface area (Å²) in [5.74, 6) is 6.69. The minimum absolute atomic E-state index is 0.807. The molecule has 0 fully saturated rings. The second-order valence-corrected chi connectivity index (χ2v) is 3.45. The number of hydrogen-bond acceptors (Lipinski definition) is 3. The number of aryl methyl sites for hydroxylation is 1. The average Bonchev–Trinajstić information content (AvgIpc) is 2.65. The zero-order chi connectivity index (χ0) is 9.97. The Morgan fingerprint density at radius 3 is 2.57 bits per heavy atom. The van der Waals surface area contributed by atoms with E-state index < -0.39 is 0 Å². The number of aliphatic imine (C=N–C) groups is 1. The molecule has 1 heterocycles. The molecule has 1 aliphatic heterocycles. The molecule has 0 radical (unpaired) electrons. The summed E-state index contributed by atoms with van der Waals surface area (Å²) in [5, 5.41) is 1.71. The van der Waals surface area contributed by atoms with Crippen molar-refractivity contribution in [3.63, 3.8) is 0 Å². The monoisotopic (exact) mass is 189 g/mol. The highest BCUT2D eigenvalue weighted by molar-refractivity contribution is 5.99. The molecule has 1 aliphatic rings. The minimum Gasteiger partial charge on any atom is -0.293 e. The Balaban J connectivity index is 2.24. The van der Waals surface area contributed by atoms with Gasteiger partial charge in [-0.15, -0.1) is 0 Å². The second-order valence-electron chi connectivity index (χ2n) is 3.45. The summed E-state index contributed by atoms with van der Waals surface area (Å²) in [4.78, 5) is 4.36. The molecule has 3 nitrogen and oxygen atoms in total. The summed E-state index contributed by atoms with van der Waals surface area (Å²) in [6, 6.07) is 8.43. The molecule has 0 bridgehead atoms. The Morgan fingerprint density at radius 2 is 2.07 bits per heavy atom. The maximum atomic E-state index is 5.78. The van der Waals surface area contributed by atoms with Crippen molar-refractivity contribution in [3.05, 3.63) is 35.4 Å². The zero-order valence-electron chi connectivity index (χ0n) is 8.40. The van der Waals surface area contributed by atoms with Gasteiger partial charge < -0.3 is 0 Å². The quantitative estimate of drug-likeness (QED) is 0.710. The van der Waals surface area contributed by atoms with Gasteiger partial charge in [0, 0.05) is 5.56 Å². The molecule has 2 rings (SSSR count). The molecule has 0 unspecified atom stereocenters. The fourth-order valence-corrected chi connectivity index (χ4v) is 1.61. The van der Waals surface area contributed by atoms with Crippen molar-refractivity contribution >= 4 is 5.84 Å². The topological polar surface area (TPSA) is 41.6 Å². The van der Waals surface area contributed by atoms with E-state index in [0.29, 0.717) is 0 Å². The van der Waals surface area contributed by atoms with Gasteiger partial charge in [0.05, 0.1) is 13.1 Å². The Morgan fingerprint density at radius 1 is 1.36 bits per heavy atom. The standard InChI is InChI=1S/C11H15N3/c1-2-9-3-5-10(6-4-9)11-13-7-8-14(11)12/h3-6H,2,7-8,12H2,1H3. The lowest BCUT2D eigenvalue weighted by Gasteiger charge is -2.13. The summed E-state index contributed by atoms with van der Waals surface area (Å²) >= 11 is 0. The first kappa shape index (κ1) is 9.21. The van der Waals surface area contributed by atoms with Gasteiger partial charge in [0.25, 0.3) is 0 Å². The van der Waals surface area contributed by atoms with Gasteiger partial charge in [0.15, 0.2) is 0 Å². The lowest BCUT2D eigenvalue weighted by molar-refractivity contribution is 0.484. The zero-order valence-corrected chi connectivity index (χ0v) is 8.40. The van der Waals surface area contributed by atoms with Crippen molar-refractivity contribution < 1.29 is 0 Å². The first-order valence-corrected chi connectivity index (χ1v) is 4.97. The van der Waals surface area contributed by atoms with E-state index in [1.54, 1.807) is 5.01 Å². The molecule has 2 N–H and O–H groups in total. The number of nitrogens with two attached hydrogens (primary N) is 1. The normalized spacial score (nSPS) is 15.9. The maximum absolute atomic E-state index is 5.78. The molecule has 0 amide bonds. The van der Waals surface area contributed by atoms with Crippen molar-refractivity contribution in [2.45, 2.75) is 13.3 Å². The van der Waals surface area contributed by atoms with E-state index in [2.05, 4.69) is 36.2 Å². The van der Waals surface area contributed by atoms with Gasteiger partial charge in [-0.1, -0.05) is 31.2 Å². The second kappa shape index (κ2) is 3.80. The van der Waals surface area contributed by atoms with Crippen LogP contribution in [0.5, 0.6) is 0 Å². The third-order valence-electron chi connectivity index (χ3n) is 2.49. The molecule has 74 valence electrons. The molecular formula is C11H15N3. The number of amidine groups is 1. The Kier molecular flexibility index (Phi) is 2.50. The van der Waals surface area contributed by atoms with Crippen LogP contribution in [0.2, 0.25) is 0 Å². The molecule has 0 aliphatic carbocycles. The van der Waals surface area contributed by atoms with E-state index >= 15 is 0 Å². The maximum Gasteiger partial charge on any atom is 0.145 e. The molecule has 0 atom stereocenters. The van der Waals surface area contributed by atoms with Crippen molar-refractivity contribution in [1.29, 1.82) is 0 Å². The minimum atomic E-state index is 0.807. The molecule has 3 heteroatoms. The van der Waals surface area contributed by atoms with Crippen LogP contribution >= 0.6 is 0 Å². The smallest absolute Gasteiger partial charge is 0.145 e. The van der Waals surface area contributed by atoms with Gasteiger partial charge >= 0.3 is 0 Å². The van der Waals surface area contributed by atoms with Crippen LogP contribution in [0, 0.1) is 0 Å². The third kappa shape index (κ3) is 1.63. The van der Waals surface area contributed by atoms with Crippen LogP contribution in [0.4, 0.5) is 0 Å². The van der Waals surface area contributed by atoms with Gasteiger partial charge in [-0.05, 0) is 12.0 Å². The van der Waals surface area contributed by atoms with Crippen LogP contribution in [0.15, 0.2) is 29.3 Å². The van der Waals surface area contributed by atoms with Gasteiger partial charge in [0.2, 0.25) is 0 Å². The van der Waals surface area contributed by atoms with Crippen LogP contribution in [0.1, 0.15) is 18.1 Å². The van der Waals surface area contributed by atoms with Crippen molar-refractivity contribution in [1.82, 2.24) is 5.01 Å². The van der Waals surface area contributed by atoms with Crippen LogP contribution in [0.3, 0.4) is 0 Å². The first-order valence-electron chi connectivity index (χ1n) is 4.97. The number of nitrogens with zero attached hydrogens (tertiary/aromatic N) is 2. The lowest BCUT2D eigenvalue weighted by Crippen LogP contribution is -2.34. The van der Waals surface area contributed by atoms with Gasteiger partial charge in [-0.3, -0.25) is 10.0 Å². The molecule has 14 heavy (non-hydrogen) atoms. The average molecular weight is 189 g/mol. The van der Waals surface area contributed by atoms with Crippen LogP contribution < -0.4 is 5.84 Å². The summed E-state index contributed by atoms with van der Waals surface area (Å²) in [6.07, 6.45) is 1.07. The van der Waals surface area contributed by atoms with Gasteiger partial charge in [-0.2, -0.15) is 0 Å². The molecule has 0 saturated heterocycles. The molecule has 0 aromatic heterocycles. The predicted octanol–water partition coefficient (Wildman–Crippen LogP) is 1.18. The van der Waals surface area contributed by atoms with Crippen LogP contribution in [-0.4, -0.2) is 23.9 Å². The predicted molar refractivity (Wildman–Crippen MR) is 58.1 cm³/mol. The number of hydrogen-bond donors (Lipinski definition) is 1. The van der Waals surface area contributed by atoms with E-state index in [0.717, 1.165) is 30.9 Å². The Labute approximate surface area is 84.2 Å². The molecule has 1 aromatic rings. The highest BCUT2D eigenvalue weighted by Gasteiger charge is 2.14. The number of benzene rings is 1. The highest BCUT2D eigenvalue weighted by atomic mass is 15.5. The fraction of sp³-hybridized carbons (Fsp3) is 0.364. The van der Waals surface area contributed by atoms with Gasteiger partial charge in [0.1, 0.15) is 5.84 Å². The SMILES string of the molecule is CCc1ccc(C2=NCCN2N)cc1. The number of rotatable bonds is 2. The van der Waals surface area contributed by atoms with Crippen LogP contribution in [0.25, 0.3) is 0 Å². The van der Waals surface area contributed by atoms with Crippen molar-refractivity contribution in [2.24, 2.45) is 10.8 Å². The summed E-state index contributed by atoms with van der Waals surface area (Å²) in [5.41, 5.74) is 2.46. The van der Waals surface area contributed by atoms with E-state index in [-0.39, 0.29) is 0 Å². The summed E-state index contributed by atoms with van der Waals surface area (Å²) in [7, 11) is 0. The fourth-order valence-electron chi connectivity index (χ4n) is 1.61. The first-order chi connectivity index (χ1) is 6.81. The third-order valence-corrected chi connectivity index (χ3v) is 2.49. The number of hydrazine groups is 1. The summed E-state index contributed by atoms with van der Waals surface area (Å²) in [6.45, 7) is 3.78. The Bertz CT molecular complexity index is 340. The van der Waals surface area contributed by atoms with E-state index in [1.165, 1.54) is 5.56 Å². The summed E-state index contributed by atoms with van der Waals surface area (Å²) < 4.78 is 0. The molecular weight excluding hydrogens is 174 g/mol. The lowest BCUT2D eigenvalue weighted by atomic mass is 10.1.